The first kappa shape index (κ1) is 14.1. The SMILES string of the molecule is CCC(C)C1CCC(C)(C)CC(C(C)C)C1. The third-order valence-electron chi connectivity index (χ3n) is 5.00. The highest BCUT2D eigenvalue weighted by atomic mass is 14.4. The minimum Gasteiger partial charge on any atom is -0.0651 e. The Kier molecular flexibility index (Phi) is 4.88. The van der Waals surface area contributed by atoms with Gasteiger partial charge in [0.05, 0.1) is 0 Å². The van der Waals surface area contributed by atoms with E-state index >= 15 is 0 Å². The summed E-state index contributed by atoms with van der Waals surface area (Å²) in [6.07, 6.45) is 7.18. The van der Waals surface area contributed by atoms with E-state index in [2.05, 4.69) is 41.5 Å². The van der Waals surface area contributed by atoms with Crippen LogP contribution in [0.3, 0.4) is 0 Å². The third-order valence-corrected chi connectivity index (χ3v) is 5.00. The number of rotatable bonds is 3. The topological polar surface area (TPSA) is 0 Å². The normalized spacial score (nSPS) is 32.4. The largest absolute Gasteiger partial charge is 0.0651 e. The molecule has 3 atom stereocenters. The smallest absolute Gasteiger partial charge is 0.0351 e. The molecule has 16 heavy (non-hydrogen) atoms. The van der Waals surface area contributed by atoms with Gasteiger partial charge in [0.25, 0.3) is 0 Å². The van der Waals surface area contributed by atoms with Gasteiger partial charge in [-0.3, -0.25) is 0 Å². The van der Waals surface area contributed by atoms with Gasteiger partial charge in [-0.2, -0.15) is 0 Å². The summed E-state index contributed by atoms with van der Waals surface area (Å²) in [5, 5.41) is 0. The van der Waals surface area contributed by atoms with Gasteiger partial charge in [0.15, 0.2) is 0 Å². The van der Waals surface area contributed by atoms with Crippen LogP contribution in [0.25, 0.3) is 0 Å². The van der Waals surface area contributed by atoms with E-state index in [1.165, 1.54) is 32.1 Å². The van der Waals surface area contributed by atoms with Crippen molar-refractivity contribution >= 4 is 0 Å². The van der Waals surface area contributed by atoms with Gasteiger partial charge in [-0.25, -0.2) is 0 Å². The molecule has 3 unspecified atom stereocenters. The van der Waals surface area contributed by atoms with Crippen LogP contribution in [0.15, 0.2) is 0 Å². The van der Waals surface area contributed by atoms with Crippen LogP contribution in [0.2, 0.25) is 0 Å². The molecule has 0 nitrogen and oxygen atoms in total. The molecule has 1 aliphatic carbocycles. The minimum absolute atomic E-state index is 0.581. The fourth-order valence-corrected chi connectivity index (χ4v) is 3.34. The molecule has 0 amide bonds. The maximum atomic E-state index is 2.47. The van der Waals surface area contributed by atoms with E-state index in [0.29, 0.717) is 5.41 Å². The summed E-state index contributed by atoms with van der Waals surface area (Å²) in [6, 6.07) is 0. The Morgan fingerprint density at radius 1 is 1.12 bits per heavy atom. The van der Waals surface area contributed by atoms with Crippen LogP contribution in [0, 0.1) is 29.1 Å². The molecular weight excluding hydrogens is 192 g/mol. The van der Waals surface area contributed by atoms with Crippen LogP contribution in [0.4, 0.5) is 0 Å². The molecule has 0 aromatic heterocycles. The van der Waals surface area contributed by atoms with Crippen LogP contribution in [0.5, 0.6) is 0 Å². The van der Waals surface area contributed by atoms with Crippen LogP contribution >= 0.6 is 0 Å². The molecule has 0 heteroatoms. The molecule has 0 aliphatic heterocycles. The quantitative estimate of drug-likeness (QED) is 0.554. The van der Waals surface area contributed by atoms with E-state index in [-0.39, 0.29) is 0 Å². The molecule has 1 saturated carbocycles. The van der Waals surface area contributed by atoms with Gasteiger partial charge in [0, 0.05) is 0 Å². The van der Waals surface area contributed by atoms with Crippen molar-refractivity contribution in [2.75, 3.05) is 0 Å². The Hall–Kier alpha value is 0. The fourth-order valence-electron chi connectivity index (χ4n) is 3.34. The first-order valence-corrected chi connectivity index (χ1v) is 7.35. The summed E-state index contributed by atoms with van der Waals surface area (Å²) < 4.78 is 0. The van der Waals surface area contributed by atoms with Crippen molar-refractivity contribution in [3.05, 3.63) is 0 Å². The van der Waals surface area contributed by atoms with Gasteiger partial charge in [0.2, 0.25) is 0 Å². The summed E-state index contributed by atoms with van der Waals surface area (Å²) in [4.78, 5) is 0. The predicted octanol–water partition coefficient (Wildman–Crippen LogP) is 5.52. The van der Waals surface area contributed by atoms with Crippen molar-refractivity contribution < 1.29 is 0 Å². The fraction of sp³-hybridized carbons (Fsp3) is 1.00. The van der Waals surface area contributed by atoms with E-state index < -0.39 is 0 Å². The van der Waals surface area contributed by atoms with Crippen molar-refractivity contribution in [1.29, 1.82) is 0 Å². The Labute approximate surface area is 103 Å². The second-order valence-corrected chi connectivity index (χ2v) is 7.29. The second-order valence-electron chi connectivity index (χ2n) is 7.29. The summed E-state index contributed by atoms with van der Waals surface area (Å²) in [5.74, 6) is 3.73. The summed E-state index contributed by atoms with van der Waals surface area (Å²) in [7, 11) is 0. The highest BCUT2D eigenvalue weighted by Gasteiger charge is 2.33. The monoisotopic (exact) mass is 224 g/mol. The van der Waals surface area contributed by atoms with E-state index in [1.54, 1.807) is 0 Å². The van der Waals surface area contributed by atoms with E-state index in [1.807, 2.05) is 0 Å². The molecule has 1 fully saturated rings. The Bertz CT molecular complexity index is 202. The van der Waals surface area contributed by atoms with Crippen molar-refractivity contribution in [3.8, 4) is 0 Å². The van der Waals surface area contributed by atoms with Crippen molar-refractivity contribution in [2.45, 2.75) is 73.6 Å². The van der Waals surface area contributed by atoms with Gasteiger partial charge in [-0.1, -0.05) is 48.0 Å². The highest BCUT2D eigenvalue weighted by molar-refractivity contribution is 4.84. The van der Waals surface area contributed by atoms with Gasteiger partial charge in [-0.15, -0.1) is 0 Å². The zero-order valence-electron chi connectivity index (χ0n) is 12.3. The average Bonchev–Trinajstić information content (AvgIpc) is 2.36. The van der Waals surface area contributed by atoms with Gasteiger partial charge in [-0.05, 0) is 54.8 Å². The molecule has 96 valence electrons. The Morgan fingerprint density at radius 3 is 2.25 bits per heavy atom. The summed E-state index contributed by atoms with van der Waals surface area (Å²) >= 11 is 0. The number of hydrogen-bond donors (Lipinski definition) is 0. The molecule has 0 aromatic carbocycles. The highest BCUT2D eigenvalue weighted by Crippen LogP contribution is 2.44. The molecular formula is C16H32. The second kappa shape index (κ2) is 5.56. The molecule has 1 rings (SSSR count). The Morgan fingerprint density at radius 2 is 1.75 bits per heavy atom. The van der Waals surface area contributed by atoms with E-state index in [9.17, 15) is 0 Å². The average molecular weight is 224 g/mol. The number of hydrogen-bond acceptors (Lipinski definition) is 0. The molecule has 0 radical (unpaired) electrons. The maximum absolute atomic E-state index is 2.47. The first-order chi connectivity index (χ1) is 7.35. The molecule has 0 aromatic rings. The third kappa shape index (κ3) is 3.79. The molecule has 0 spiro atoms. The van der Waals surface area contributed by atoms with Gasteiger partial charge < -0.3 is 0 Å². The summed E-state index contributed by atoms with van der Waals surface area (Å²) in [5.41, 5.74) is 0.581. The molecule has 1 aliphatic rings. The lowest BCUT2D eigenvalue weighted by atomic mass is 9.76. The summed E-state index contributed by atoms with van der Waals surface area (Å²) in [6.45, 7) is 14.6. The van der Waals surface area contributed by atoms with E-state index in [4.69, 9.17) is 0 Å². The standard InChI is InChI=1S/C16H32/c1-7-13(4)14-8-9-16(5,6)11-15(10-14)12(2)3/h12-15H,7-11H2,1-6H3. The first-order valence-electron chi connectivity index (χ1n) is 7.35. The van der Waals surface area contributed by atoms with Crippen LogP contribution in [-0.4, -0.2) is 0 Å². The minimum atomic E-state index is 0.581. The molecule has 0 N–H and O–H groups in total. The maximum Gasteiger partial charge on any atom is -0.0351 e. The van der Waals surface area contributed by atoms with E-state index in [0.717, 1.165) is 23.7 Å². The van der Waals surface area contributed by atoms with Crippen LogP contribution in [0.1, 0.15) is 73.6 Å². The predicted molar refractivity (Wildman–Crippen MR) is 73.5 cm³/mol. The molecule has 0 bridgehead atoms. The van der Waals surface area contributed by atoms with Gasteiger partial charge >= 0.3 is 0 Å². The van der Waals surface area contributed by atoms with Crippen LogP contribution < -0.4 is 0 Å². The van der Waals surface area contributed by atoms with Crippen molar-refractivity contribution in [2.24, 2.45) is 29.1 Å². The lowest BCUT2D eigenvalue weighted by Gasteiger charge is -2.29. The van der Waals surface area contributed by atoms with Crippen molar-refractivity contribution in [1.82, 2.24) is 0 Å². The lowest BCUT2D eigenvalue weighted by molar-refractivity contribution is 0.215. The zero-order valence-corrected chi connectivity index (χ0v) is 12.3. The lowest BCUT2D eigenvalue weighted by Crippen LogP contribution is -2.19. The van der Waals surface area contributed by atoms with Crippen molar-refractivity contribution in [3.63, 3.8) is 0 Å². The Balaban J connectivity index is 2.72. The zero-order chi connectivity index (χ0) is 12.3. The molecule has 0 heterocycles. The van der Waals surface area contributed by atoms with Gasteiger partial charge in [0.1, 0.15) is 0 Å². The molecule has 0 saturated heterocycles. The van der Waals surface area contributed by atoms with Crippen LogP contribution in [-0.2, 0) is 0 Å².